The number of carbonyl (C=O) groups is 1. The topological polar surface area (TPSA) is 70.2 Å². The van der Waals surface area contributed by atoms with Gasteiger partial charge in [0.15, 0.2) is 0 Å². The molecular formula is C16H20BrN5O. The maximum absolute atomic E-state index is 12.0. The average molecular weight is 378 g/mol. The minimum atomic E-state index is -0.154. The van der Waals surface area contributed by atoms with Crippen molar-refractivity contribution in [1.29, 1.82) is 0 Å². The molecule has 23 heavy (non-hydrogen) atoms. The summed E-state index contributed by atoms with van der Waals surface area (Å²) in [6.07, 6.45) is 3.95. The molecule has 1 heterocycles. The summed E-state index contributed by atoms with van der Waals surface area (Å²) in [7, 11) is 4.01. The highest BCUT2D eigenvalue weighted by Gasteiger charge is 2.06. The molecule has 2 aromatic rings. The van der Waals surface area contributed by atoms with E-state index in [0.717, 1.165) is 23.1 Å². The lowest BCUT2D eigenvalue weighted by molar-refractivity contribution is 0.0951. The van der Waals surface area contributed by atoms with E-state index in [1.54, 1.807) is 0 Å². The van der Waals surface area contributed by atoms with Gasteiger partial charge >= 0.3 is 0 Å². The number of benzene rings is 1. The van der Waals surface area contributed by atoms with E-state index in [2.05, 4.69) is 41.4 Å². The summed E-state index contributed by atoms with van der Waals surface area (Å²) in [6.45, 7) is 1.57. The maximum atomic E-state index is 12.0. The smallest absolute Gasteiger partial charge is 0.254 e. The Labute approximate surface area is 144 Å². The lowest BCUT2D eigenvalue weighted by Gasteiger charge is -2.10. The fourth-order valence-electron chi connectivity index (χ4n) is 1.87. The van der Waals surface area contributed by atoms with Crippen molar-refractivity contribution in [3.8, 4) is 0 Å². The van der Waals surface area contributed by atoms with Crippen LogP contribution in [-0.4, -0.2) is 48.0 Å². The maximum Gasteiger partial charge on any atom is 0.254 e. The van der Waals surface area contributed by atoms with Crippen molar-refractivity contribution in [2.24, 2.45) is 0 Å². The highest BCUT2D eigenvalue weighted by atomic mass is 79.9. The van der Waals surface area contributed by atoms with Crippen LogP contribution in [-0.2, 0) is 0 Å². The Morgan fingerprint density at radius 2 is 1.83 bits per heavy atom. The first-order valence-electron chi connectivity index (χ1n) is 7.32. The molecule has 0 aliphatic rings. The third-order valence-corrected chi connectivity index (χ3v) is 3.61. The number of nitrogens with one attached hydrogen (secondary N) is 2. The van der Waals surface area contributed by atoms with E-state index in [1.807, 2.05) is 38.4 Å². The van der Waals surface area contributed by atoms with Gasteiger partial charge in [0, 0.05) is 29.1 Å². The number of halogens is 1. The van der Waals surface area contributed by atoms with Gasteiger partial charge in [0.1, 0.15) is 0 Å². The van der Waals surface area contributed by atoms with Crippen LogP contribution in [0.1, 0.15) is 16.8 Å². The van der Waals surface area contributed by atoms with Gasteiger partial charge in [-0.3, -0.25) is 4.79 Å². The van der Waals surface area contributed by atoms with Gasteiger partial charge in [-0.05, 0) is 51.3 Å². The van der Waals surface area contributed by atoms with Gasteiger partial charge in [-0.2, -0.15) is 0 Å². The second-order valence-corrected chi connectivity index (χ2v) is 6.26. The Bertz CT molecular complexity index is 628. The number of anilines is 2. The number of aromatic nitrogens is 2. The van der Waals surface area contributed by atoms with Crippen LogP contribution in [0.3, 0.4) is 0 Å². The van der Waals surface area contributed by atoms with E-state index < -0.39 is 0 Å². The van der Waals surface area contributed by atoms with Crippen LogP contribution in [0.5, 0.6) is 0 Å². The number of amides is 1. The first-order valence-corrected chi connectivity index (χ1v) is 8.11. The molecule has 2 N–H and O–H groups in total. The molecule has 1 aromatic carbocycles. The minimum absolute atomic E-state index is 0.154. The first kappa shape index (κ1) is 17.4. The molecule has 0 bridgehead atoms. The second kappa shape index (κ2) is 8.59. The van der Waals surface area contributed by atoms with Crippen LogP contribution in [0.15, 0.2) is 41.1 Å². The Morgan fingerprint density at radius 3 is 2.43 bits per heavy atom. The lowest BCUT2D eigenvalue weighted by atomic mass is 10.3. The quantitative estimate of drug-likeness (QED) is 0.725. The highest BCUT2D eigenvalue weighted by Crippen LogP contribution is 2.16. The molecule has 0 fully saturated rings. The van der Waals surface area contributed by atoms with E-state index in [9.17, 15) is 4.79 Å². The second-order valence-electron chi connectivity index (χ2n) is 5.34. The van der Waals surface area contributed by atoms with Gasteiger partial charge in [-0.1, -0.05) is 15.9 Å². The highest BCUT2D eigenvalue weighted by molar-refractivity contribution is 9.10. The largest absolute Gasteiger partial charge is 0.352 e. The fourth-order valence-corrected chi connectivity index (χ4v) is 2.14. The molecule has 6 nitrogen and oxygen atoms in total. The Morgan fingerprint density at radius 1 is 1.17 bits per heavy atom. The minimum Gasteiger partial charge on any atom is -0.352 e. The van der Waals surface area contributed by atoms with Crippen LogP contribution in [0, 0.1) is 0 Å². The summed E-state index contributed by atoms with van der Waals surface area (Å²) in [5, 5.41) is 5.94. The van der Waals surface area contributed by atoms with Gasteiger partial charge in [-0.15, -0.1) is 0 Å². The Hall–Kier alpha value is -1.99. The van der Waals surface area contributed by atoms with E-state index in [-0.39, 0.29) is 5.91 Å². The van der Waals surface area contributed by atoms with Crippen LogP contribution in [0.4, 0.5) is 11.6 Å². The summed E-state index contributed by atoms with van der Waals surface area (Å²) in [4.78, 5) is 22.4. The molecule has 1 aromatic heterocycles. The molecule has 0 saturated heterocycles. The Kier molecular flexibility index (Phi) is 6.49. The standard InChI is InChI=1S/C16H20BrN5O/c1-22(2)9-3-8-18-15(23)12-10-19-16(20-11-12)21-14-6-4-13(17)5-7-14/h4-7,10-11H,3,8-9H2,1-2H3,(H,18,23)(H,19,20,21). The molecule has 0 saturated carbocycles. The van der Waals surface area contributed by atoms with Crippen molar-refractivity contribution in [3.63, 3.8) is 0 Å². The summed E-state index contributed by atoms with van der Waals surface area (Å²) < 4.78 is 1.00. The molecule has 0 spiro atoms. The molecule has 2 rings (SSSR count). The van der Waals surface area contributed by atoms with Gasteiger partial charge in [0.25, 0.3) is 5.91 Å². The lowest BCUT2D eigenvalue weighted by Crippen LogP contribution is -2.27. The van der Waals surface area contributed by atoms with Gasteiger partial charge < -0.3 is 15.5 Å². The first-order chi connectivity index (χ1) is 11.0. The van der Waals surface area contributed by atoms with Gasteiger partial charge in [-0.25, -0.2) is 9.97 Å². The third-order valence-electron chi connectivity index (χ3n) is 3.08. The van der Waals surface area contributed by atoms with E-state index in [1.165, 1.54) is 12.4 Å². The van der Waals surface area contributed by atoms with E-state index in [4.69, 9.17) is 0 Å². The molecule has 0 radical (unpaired) electrons. The molecule has 0 aliphatic heterocycles. The van der Waals surface area contributed by atoms with Crippen LogP contribution in [0.25, 0.3) is 0 Å². The predicted octanol–water partition coefficient (Wildman–Crippen LogP) is 2.66. The summed E-state index contributed by atoms with van der Waals surface area (Å²) in [5.74, 6) is 0.301. The Balaban J connectivity index is 1.86. The normalized spacial score (nSPS) is 10.6. The molecule has 0 atom stereocenters. The molecule has 0 aliphatic carbocycles. The molecule has 0 unspecified atom stereocenters. The van der Waals surface area contributed by atoms with Crippen molar-refractivity contribution in [1.82, 2.24) is 20.2 Å². The average Bonchev–Trinajstić information content (AvgIpc) is 2.54. The van der Waals surface area contributed by atoms with Crippen molar-refractivity contribution < 1.29 is 4.79 Å². The SMILES string of the molecule is CN(C)CCCNC(=O)c1cnc(Nc2ccc(Br)cc2)nc1. The summed E-state index contributed by atoms with van der Waals surface area (Å²) >= 11 is 3.38. The predicted molar refractivity (Wildman–Crippen MR) is 95.0 cm³/mol. The summed E-state index contributed by atoms with van der Waals surface area (Å²) in [6, 6.07) is 7.69. The van der Waals surface area contributed by atoms with Crippen LogP contribution in [0.2, 0.25) is 0 Å². The van der Waals surface area contributed by atoms with Gasteiger partial charge in [0.05, 0.1) is 5.56 Å². The van der Waals surface area contributed by atoms with Crippen molar-refractivity contribution in [2.45, 2.75) is 6.42 Å². The zero-order valence-corrected chi connectivity index (χ0v) is 14.8. The van der Waals surface area contributed by atoms with Crippen molar-refractivity contribution in [3.05, 3.63) is 46.7 Å². The monoisotopic (exact) mass is 377 g/mol. The number of hydrogen-bond acceptors (Lipinski definition) is 5. The number of carbonyl (C=O) groups excluding carboxylic acids is 1. The molecule has 7 heteroatoms. The van der Waals surface area contributed by atoms with E-state index >= 15 is 0 Å². The van der Waals surface area contributed by atoms with Gasteiger partial charge in [0.2, 0.25) is 5.95 Å². The summed E-state index contributed by atoms with van der Waals surface area (Å²) in [5.41, 5.74) is 1.34. The van der Waals surface area contributed by atoms with E-state index in [0.29, 0.717) is 18.1 Å². The number of rotatable bonds is 7. The van der Waals surface area contributed by atoms with Crippen molar-refractivity contribution >= 4 is 33.5 Å². The van der Waals surface area contributed by atoms with Crippen LogP contribution >= 0.6 is 15.9 Å². The zero-order valence-electron chi connectivity index (χ0n) is 13.2. The van der Waals surface area contributed by atoms with Crippen LogP contribution < -0.4 is 10.6 Å². The fraction of sp³-hybridized carbons (Fsp3) is 0.312. The van der Waals surface area contributed by atoms with Crippen molar-refractivity contribution in [2.75, 3.05) is 32.5 Å². The molecule has 122 valence electrons. The third kappa shape index (κ3) is 5.96. The molecular weight excluding hydrogens is 358 g/mol. The number of nitrogens with zero attached hydrogens (tertiary/aromatic N) is 3. The molecule has 1 amide bonds. The number of hydrogen-bond donors (Lipinski definition) is 2. The zero-order chi connectivity index (χ0) is 16.7.